The van der Waals surface area contributed by atoms with E-state index in [-0.39, 0.29) is 4.90 Å². The van der Waals surface area contributed by atoms with Gasteiger partial charge in [-0.15, -0.1) is 0 Å². The first-order valence-corrected chi connectivity index (χ1v) is 8.35. The summed E-state index contributed by atoms with van der Waals surface area (Å²) in [6.45, 7) is 5.35. The van der Waals surface area contributed by atoms with E-state index in [0.717, 1.165) is 5.56 Å². The van der Waals surface area contributed by atoms with Gasteiger partial charge >= 0.3 is 0 Å². The summed E-state index contributed by atoms with van der Waals surface area (Å²) in [6.07, 6.45) is 1.47. The molecule has 2 aromatic carbocycles. The van der Waals surface area contributed by atoms with Gasteiger partial charge in [0.15, 0.2) is 0 Å². The van der Waals surface area contributed by atoms with Gasteiger partial charge in [0, 0.05) is 11.6 Å². The molecular weight excluding hydrogens is 301 g/mol. The third-order valence-corrected chi connectivity index (χ3v) is 5.42. The monoisotopic (exact) mass is 317 g/mol. The van der Waals surface area contributed by atoms with Crippen molar-refractivity contribution in [1.29, 1.82) is 0 Å². The number of fused-ring (bicyclic) bond motifs is 1. The van der Waals surface area contributed by atoms with Gasteiger partial charge in [-0.1, -0.05) is 17.7 Å². The van der Waals surface area contributed by atoms with Crippen LogP contribution in [0.4, 0.5) is 4.39 Å². The lowest BCUT2D eigenvalue weighted by molar-refractivity contribution is 0.589. The van der Waals surface area contributed by atoms with Crippen LogP contribution >= 0.6 is 0 Å². The minimum absolute atomic E-state index is 0.192. The molecule has 22 heavy (non-hydrogen) atoms. The summed E-state index contributed by atoms with van der Waals surface area (Å²) in [6, 6.07) is 9.74. The number of hydrogen-bond acceptors (Lipinski definition) is 2. The molecule has 0 aliphatic rings. The van der Waals surface area contributed by atoms with Crippen LogP contribution in [0.5, 0.6) is 0 Å². The van der Waals surface area contributed by atoms with Crippen LogP contribution in [-0.2, 0) is 10.0 Å². The molecule has 1 aromatic heterocycles. The Kier molecular flexibility index (Phi) is 3.33. The highest BCUT2D eigenvalue weighted by molar-refractivity contribution is 7.90. The van der Waals surface area contributed by atoms with Gasteiger partial charge in [0.25, 0.3) is 10.0 Å². The maximum atomic E-state index is 14.2. The first-order valence-electron chi connectivity index (χ1n) is 6.91. The molecule has 0 saturated carbocycles. The van der Waals surface area contributed by atoms with Crippen molar-refractivity contribution in [3.63, 3.8) is 0 Å². The summed E-state index contributed by atoms with van der Waals surface area (Å²) in [7, 11) is -3.75. The molecular formula is C17H16FNO2S. The Morgan fingerprint density at radius 2 is 1.59 bits per heavy atom. The molecule has 0 spiro atoms. The van der Waals surface area contributed by atoms with Crippen molar-refractivity contribution >= 4 is 20.9 Å². The molecule has 3 aromatic rings. The molecule has 3 rings (SSSR count). The first-order chi connectivity index (χ1) is 10.3. The number of aromatic nitrogens is 1. The molecule has 0 amide bonds. The van der Waals surface area contributed by atoms with Crippen molar-refractivity contribution in [2.75, 3.05) is 0 Å². The third kappa shape index (κ3) is 2.22. The van der Waals surface area contributed by atoms with Crippen LogP contribution in [0.3, 0.4) is 0 Å². The SMILES string of the molecule is Cc1ccc(S(=O)(=O)n2cc(C)c3c(F)cc(C)cc32)cc1. The third-order valence-electron chi connectivity index (χ3n) is 3.73. The van der Waals surface area contributed by atoms with Gasteiger partial charge in [0.2, 0.25) is 0 Å². The van der Waals surface area contributed by atoms with Crippen molar-refractivity contribution in [2.24, 2.45) is 0 Å². The van der Waals surface area contributed by atoms with Gasteiger partial charge in [-0.3, -0.25) is 0 Å². The highest BCUT2D eigenvalue weighted by Crippen LogP contribution is 2.28. The maximum absolute atomic E-state index is 14.2. The summed E-state index contributed by atoms with van der Waals surface area (Å²) in [5.41, 5.74) is 2.64. The van der Waals surface area contributed by atoms with E-state index >= 15 is 0 Å². The van der Waals surface area contributed by atoms with E-state index in [2.05, 4.69) is 0 Å². The van der Waals surface area contributed by atoms with Gasteiger partial charge in [0.1, 0.15) is 5.82 Å². The standard InChI is InChI=1S/C17H16FNO2S/c1-11-4-6-14(7-5-11)22(20,21)19-10-13(3)17-15(18)8-12(2)9-16(17)19/h4-10H,1-3H3. The van der Waals surface area contributed by atoms with Crippen molar-refractivity contribution < 1.29 is 12.8 Å². The highest BCUT2D eigenvalue weighted by Gasteiger charge is 2.21. The fraction of sp³-hybridized carbons (Fsp3) is 0.176. The number of nitrogens with zero attached hydrogens (tertiary/aromatic N) is 1. The zero-order chi connectivity index (χ0) is 16.1. The van der Waals surface area contributed by atoms with Gasteiger partial charge in [0.05, 0.1) is 10.4 Å². The molecule has 0 N–H and O–H groups in total. The predicted molar refractivity (Wildman–Crippen MR) is 85.1 cm³/mol. The molecule has 0 unspecified atom stereocenters. The second kappa shape index (κ2) is 4.95. The van der Waals surface area contributed by atoms with Gasteiger partial charge in [-0.25, -0.2) is 16.8 Å². The minimum atomic E-state index is -3.75. The summed E-state index contributed by atoms with van der Waals surface area (Å²) in [4.78, 5) is 0.192. The quantitative estimate of drug-likeness (QED) is 0.718. The van der Waals surface area contributed by atoms with Crippen LogP contribution in [0.2, 0.25) is 0 Å². The Morgan fingerprint density at radius 3 is 2.23 bits per heavy atom. The Hall–Kier alpha value is -2.14. The van der Waals surface area contributed by atoms with E-state index in [1.165, 1.54) is 16.2 Å². The van der Waals surface area contributed by atoms with Gasteiger partial charge < -0.3 is 0 Å². The average Bonchev–Trinajstić information content (AvgIpc) is 2.77. The van der Waals surface area contributed by atoms with Crippen LogP contribution in [0.1, 0.15) is 16.7 Å². The molecule has 0 radical (unpaired) electrons. The molecule has 0 atom stereocenters. The number of hydrogen-bond donors (Lipinski definition) is 0. The number of benzene rings is 2. The van der Waals surface area contributed by atoms with Gasteiger partial charge in [-0.2, -0.15) is 0 Å². The molecule has 1 heterocycles. The highest BCUT2D eigenvalue weighted by atomic mass is 32.2. The number of halogens is 1. The zero-order valence-corrected chi connectivity index (χ0v) is 13.4. The topological polar surface area (TPSA) is 39.1 Å². The second-order valence-electron chi connectivity index (χ2n) is 5.57. The Bertz CT molecular complexity index is 970. The van der Waals surface area contributed by atoms with Crippen molar-refractivity contribution in [3.8, 4) is 0 Å². The zero-order valence-electron chi connectivity index (χ0n) is 12.6. The lowest BCUT2D eigenvalue weighted by Crippen LogP contribution is -2.12. The molecule has 3 nitrogen and oxygen atoms in total. The maximum Gasteiger partial charge on any atom is 0.268 e. The van der Waals surface area contributed by atoms with Crippen LogP contribution in [0.25, 0.3) is 10.9 Å². The summed E-state index contributed by atoms with van der Waals surface area (Å²) in [5, 5.41) is 0.348. The number of aryl methyl sites for hydroxylation is 3. The lowest BCUT2D eigenvalue weighted by Gasteiger charge is -2.08. The molecule has 0 aliphatic heterocycles. The van der Waals surface area contributed by atoms with E-state index in [0.29, 0.717) is 22.0 Å². The largest absolute Gasteiger partial charge is 0.268 e. The molecule has 5 heteroatoms. The molecule has 0 fully saturated rings. The Labute approximate surface area is 129 Å². The Morgan fingerprint density at radius 1 is 0.955 bits per heavy atom. The average molecular weight is 317 g/mol. The lowest BCUT2D eigenvalue weighted by atomic mass is 10.1. The minimum Gasteiger partial charge on any atom is -0.241 e. The first kappa shape index (κ1) is 14.8. The molecule has 0 bridgehead atoms. The summed E-state index contributed by atoms with van der Waals surface area (Å²) in [5.74, 6) is -0.398. The summed E-state index contributed by atoms with van der Waals surface area (Å²) >= 11 is 0. The normalized spacial score (nSPS) is 12.0. The van der Waals surface area contributed by atoms with E-state index in [4.69, 9.17) is 0 Å². The second-order valence-corrected chi connectivity index (χ2v) is 7.38. The molecule has 0 aliphatic carbocycles. The van der Waals surface area contributed by atoms with Crippen LogP contribution < -0.4 is 0 Å². The van der Waals surface area contributed by atoms with E-state index in [1.807, 2.05) is 6.92 Å². The summed E-state index contributed by atoms with van der Waals surface area (Å²) < 4.78 is 41.0. The number of rotatable bonds is 2. The fourth-order valence-electron chi connectivity index (χ4n) is 2.62. The van der Waals surface area contributed by atoms with Crippen molar-refractivity contribution in [3.05, 3.63) is 65.1 Å². The van der Waals surface area contributed by atoms with Crippen LogP contribution in [0.15, 0.2) is 47.5 Å². The van der Waals surface area contributed by atoms with Crippen molar-refractivity contribution in [2.45, 2.75) is 25.7 Å². The van der Waals surface area contributed by atoms with Crippen LogP contribution in [-0.4, -0.2) is 12.4 Å². The van der Waals surface area contributed by atoms with E-state index < -0.39 is 15.8 Å². The van der Waals surface area contributed by atoms with Crippen molar-refractivity contribution in [1.82, 2.24) is 3.97 Å². The smallest absolute Gasteiger partial charge is 0.241 e. The predicted octanol–water partition coefficient (Wildman–Crippen LogP) is 3.94. The van der Waals surface area contributed by atoms with Crippen LogP contribution in [0, 0.1) is 26.6 Å². The van der Waals surface area contributed by atoms with Gasteiger partial charge in [-0.05, 0) is 56.2 Å². The molecule has 0 saturated heterocycles. The fourth-order valence-corrected chi connectivity index (χ4v) is 4.03. The molecule has 114 valence electrons. The Balaban J connectivity index is 2.32. The van der Waals surface area contributed by atoms with E-state index in [1.54, 1.807) is 44.2 Å². The van der Waals surface area contributed by atoms with E-state index in [9.17, 15) is 12.8 Å².